The normalized spacial score (nSPS) is 17.9. The zero-order valence-electron chi connectivity index (χ0n) is 19.9. The van der Waals surface area contributed by atoms with E-state index in [4.69, 9.17) is 0 Å². The molecule has 8 nitrogen and oxygen atoms in total. The van der Waals surface area contributed by atoms with Gasteiger partial charge in [0, 0.05) is 25.4 Å². The van der Waals surface area contributed by atoms with E-state index in [2.05, 4.69) is 24.3 Å². The number of hydrogen-bond acceptors (Lipinski definition) is 4. The van der Waals surface area contributed by atoms with Gasteiger partial charge in [-0.25, -0.2) is 9.48 Å². The Bertz CT molecular complexity index is 1200. The van der Waals surface area contributed by atoms with Crippen LogP contribution in [0.2, 0.25) is 0 Å². The molecule has 0 radical (unpaired) electrons. The summed E-state index contributed by atoms with van der Waals surface area (Å²) in [4.78, 5) is 41.2. The van der Waals surface area contributed by atoms with Gasteiger partial charge in [0.05, 0.1) is 11.9 Å². The molecule has 3 aromatic rings. The molecule has 1 aliphatic heterocycles. The molecule has 1 unspecified atom stereocenters. The average Bonchev–Trinajstić information content (AvgIpc) is 3.38. The van der Waals surface area contributed by atoms with Crippen LogP contribution in [0, 0.1) is 0 Å². The van der Waals surface area contributed by atoms with Gasteiger partial charge >= 0.3 is 6.03 Å². The lowest BCUT2D eigenvalue weighted by Crippen LogP contribution is -2.43. The summed E-state index contributed by atoms with van der Waals surface area (Å²) < 4.78 is 1.74. The number of aromatic nitrogens is 2. The lowest BCUT2D eigenvalue weighted by atomic mass is 9.90. The van der Waals surface area contributed by atoms with E-state index in [9.17, 15) is 14.4 Å². The largest absolute Gasteiger partial charge is 0.340 e. The molecule has 4 amide bonds. The molecule has 1 aliphatic rings. The van der Waals surface area contributed by atoms with E-state index in [1.807, 2.05) is 60.8 Å². The van der Waals surface area contributed by atoms with Gasteiger partial charge in [0.2, 0.25) is 5.91 Å². The number of urea groups is 1. The van der Waals surface area contributed by atoms with E-state index in [-0.39, 0.29) is 12.5 Å². The molecule has 0 bridgehead atoms. The second-order valence-corrected chi connectivity index (χ2v) is 9.10. The van der Waals surface area contributed by atoms with Crippen molar-refractivity contribution < 1.29 is 14.4 Å². The second-order valence-electron chi connectivity index (χ2n) is 9.10. The van der Waals surface area contributed by atoms with Crippen molar-refractivity contribution in [2.75, 3.05) is 13.6 Å². The number of likely N-dealkylation sites (N-methyl/N-ethyl adjacent to an activating group) is 1. The molecule has 0 aliphatic carbocycles. The first-order chi connectivity index (χ1) is 16.2. The predicted octanol–water partition coefficient (Wildman–Crippen LogP) is 3.42. The van der Waals surface area contributed by atoms with E-state index in [0.717, 1.165) is 21.7 Å². The van der Waals surface area contributed by atoms with E-state index in [1.165, 1.54) is 4.90 Å². The Kier molecular flexibility index (Phi) is 6.24. The van der Waals surface area contributed by atoms with Crippen molar-refractivity contribution in [3.05, 3.63) is 83.7 Å². The van der Waals surface area contributed by atoms with Gasteiger partial charge in [-0.05, 0) is 36.1 Å². The number of carbonyl (C=O) groups excluding carboxylic acids is 3. The molecule has 1 saturated heterocycles. The molecule has 2 aromatic carbocycles. The molecule has 1 aromatic heterocycles. The van der Waals surface area contributed by atoms with Crippen LogP contribution in [0.1, 0.15) is 43.4 Å². The molecular weight excluding hydrogens is 430 g/mol. The van der Waals surface area contributed by atoms with Crippen molar-refractivity contribution in [2.24, 2.45) is 0 Å². The quantitative estimate of drug-likeness (QED) is 0.549. The Balaban J connectivity index is 1.42. The van der Waals surface area contributed by atoms with Crippen molar-refractivity contribution in [1.29, 1.82) is 0 Å². The Hall–Kier alpha value is -3.94. The lowest BCUT2D eigenvalue weighted by Gasteiger charge is -2.23. The van der Waals surface area contributed by atoms with Gasteiger partial charge in [-0.2, -0.15) is 5.10 Å². The maximum absolute atomic E-state index is 13.2. The Labute approximate surface area is 199 Å². The number of hydrogen-bond donors (Lipinski definition) is 1. The second kappa shape index (κ2) is 9.13. The fourth-order valence-corrected chi connectivity index (χ4v) is 4.02. The van der Waals surface area contributed by atoms with Crippen LogP contribution in [0.4, 0.5) is 4.79 Å². The summed E-state index contributed by atoms with van der Waals surface area (Å²) in [5, 5.41) is 7.11. The highest BCUT2D eigenvalue weighted by Gasteiger charge is 2.49. The molecule has 34 heavy (non-hydrogen) atoms. The van der Waals surface area contributed by atoms with Gasteiger partial charge in [-0.3, -0.25) is 14.5 Å². The van der Waals surface area contributed by atoms with Gasteiger partial charge < -0.3 is 10.2 Å². The van der Waals surface area contributed by atoms with Crippen LogP contribution < -0.4 is 5.32 Å². The van der Waals surface area contributed by atoms with Gasteiger partial charge in [-0.15, -0.1) is 0 Å². The number of rotatable bonds is 7. The first-order valence-electron chi connectivity index (χ1n) is 11.3. The number of imide groups is 1. The molecule has 2 heterocycles. The number of amides is 4. The lowest BCUT2D eigenvalue weighted by molar-refractivity contribution is -0.138. The highest BCUT2D eigenvalue weighted by Crippen LogP contribution is 2.30. The molecule has 1 fully saturated rings. The third kappa shape index (κ3) is 4.44. The minimum absolute atomic E-state index is 0.309. The maximum Gasteiger partial charge on any atom is 0.325 e. The van der Waals surface area contributed by atoms with E-state index in [1.54, 1.807) is 24.9 Å². The monoisotopic (exact) mass is 459 g/mol. The fourth-order valence-electron chi connectivity index (χ4n) is 4.02. The summed E-state index contributed by atoms with van der Waals surface area (Å²) in [6.07, 6.45) is 3.55. The summed E-state index contributed by atoms with van der Waals surface area (Å²) in [5.74, 6) is -0.413. The third-order valence-electron chi connectivity index (χ3n) is 6.23. The summed E-state index contributed by atoms with van der Waals surface area (Å²) >= 11 is 0. The molecule has 1 atom stereocenters. The van der Waals surface area contributed by atoms with E-state index < -0.39 is 17.5 Å². The number of nitrogens with zero attached hydrogens (tertiary/aromatic N) is 4. The van der Waals surface area contributed by atoms with Gasteiger partial charge in [0.1, 0.15) is 12.1 Å². The molecule has 8 heteroatoms. The molecule has 0 saturated carbocycles. The van der Waals surface area contributed by atoms with Crippen LogP contribution in [0.3, 0.4) is 0 Å². The molecular formula is C26H29N5O3. The van der Waals surface area contributed by atoms with Crippen LogP contribution >= 0.6 is 0 Å². The van der Waals surface area contributed by atoms with Crippen LogP contribution in [-0.4, -0.2) is 51.0 Å². The molecule has 1 N–H and O–H groups in total. The smallest absolute Gasteiger partial charge is 0.325 e. The first kappa shape index (κ1) is 23.2. The summed E-state index contributed by atoms with van der Waals surface area (Å²) in [6, 6.07) is 16.7. The fraction of sp³-hybridized carbons (Fsp3) is 0.308. The highest BCUT2D eigenvalue weighted by atomic mass is 16.2. The highest BCUT2D eigenvalue weighted by molar-refractivity contribution is 6.09. The van der Waals surface area contributed by atoms with E-state index in [0.29, 0.717) is 18.0 Å². The van der Waals surface area contributed by atoms with Crippen LogP contribution in [0.5, 0.6) is 0 Å². The Morgan fingerprint density at radius 2 is 1.76 bits per heavy atom. The molecule has 4 rings (SSSR count). The van der Waals surface area contributed by atoms with Crippen LogP contribution in [0.15, 0.2) is 67.0 Å². The van der Waals surface area contributed by atoms with Crippen LogP contribution in [-0.2, 0) is 21.7 Å². The standard InChI is InChI=1S/C26H29N5O3/c1-18(2)20-10-12-21(13-11-20)26(3)24(33)30(25(34)28-26)17-23(32)29(4)15-19-14-27-31(16-19)22-8-6-5-7-9-22/h5-14,16,18H,15,17H2,1-4H3,(H,28,34). The van der Waals surface area contributed by atoms with Crippen molar-refractivity contribution in [3.63, 3.8) is 0 Å². The average molecular weight is 460 g/mol. The van der Waals surface area contributed by atoms with Crippen molar-refractivity contribution in [1.82, 2.24) is 24.9 Å². The van der Waals surface area contributed by atoms with Gasteiger partial charge in [-0.1, -0.05) is 56.3 Å². The van der Waals surface area contributed by atoms with Crippen molar-refractivity contribution >= 4 is 17.8 Å². The zero-order chi connectivity index (χ0) is 24.5. The third-order valence-corrected chi connectivity index (χ3v) is 6.23. The predicted molar refractivity (Wildman–Crippen MR) is 128 cm³/mol. The minimum atomic E-state index is -1.21. The summed E-state index contributed by atoms with van der Waals surface area (Å²) in [6.45, 7) is 5.84. The zero-order valence-corrected chi connectivity index (χ0v) is 19.9. The summed E-state index contributed by atoms with van der Waals surface area (Å²) in [5.41, 5.74) is 2.39. The van der Waals surface area contributed by atoms with Crippen molar-refractivity contribution in [3.8, 4) is 5.69 Å². The number of nitrogens with one attached hydrogen (secondary N) is 1. The van der Waals surface area contributed by atoms with E-state index >= 15 is 0 Å². The van der Waals surface area contributed by atoms with Gasteiger partial charge in [0.15, 0.2) is 0 Å². The summed E-state index contributed by atoms with van der Waals surface area (Å²) in [7, 11) is 1.64. The van der Waals surface area contributed by atoms with Crippen LogP contribution in [0.25, 0.3) is 5.69 Å². The SMILES string of the molecule is CC(C)c1ccc(C2(C)NC(=O)N(CC(=O)N(C)Cc3cnn(-c4ccccc4)c3)C2=O)cc1. The number of benzene rings is 2. The van der Waals surface area contributed by atoms with Crippen molar-refractivity contribution in [2.45, 2.75) is 38.8 Å². The number of para-hydroxylation sites is 1. The Morgan fingerprint density at radius 3 is 2.41 bits per heavy atom. The Morgan fingerprint density at radius 1 is 1.09 bits per heavy atom. The number of carbonyl (C=O) groups is 3. The topological polar surface area (TPSA) is 87.5 Å². The maximum atomic E-state index is 13.2. The molecule has 0 spiro atoms. The minimum Gasteiger partial charge on any atom is -0.340 e. The molecule has 176 valence electrons. The van der Waals surface area contributed by atoms with Gasteiger partial charge in [0.25, 0.3) is 5.91 Å². The first-order valence-corrected chi connectivity index (χ1v) is 11.3.